The number of carbonyl (C=O) groups is 1. The fraction of sp³-hybridized carbons (Fsp3) is 0.304. The van der Waals surface area contributed by atoms with Gasteiger partial charge in [0.25, 0.3) is 17.7 Å². The van der Waals surface area contributed by atoms with Crippen LogP contribution in [0.5, 0.6) is 11.6 Å². The normalized spacial score (nSPS) is 14.3. The third-order valence-electron chi connectivity index (χ3n) is 5.77. The minimum absolute atomic E-state index is 0.00338. The fourth-order valence-electron chi connectivity index (χ4n) is 3.65. The number of hydrogen-bond donors (Lipinski definition) is 1. The summed E-state index contributed by atoms with van der Waals surface area (Å²) in [5.74, 6) is -3.08. The molecule has 0 radical (unpaired) electrons. The van der Waals surface area contributed by atoms with Crippen LogP contribution in [0.2, 0.25) is 0 Å². The van der Waals surface area contributed by atoms with E-state index in [2.05, 4.69) is 20.5 Å². The number of carbonyl (C=O) groups excluding carboxylic acids is 1. The van der Waals surface area contributed by atoms with Crippen molar-refractivity contribution >= 4 is 21.4 Å². The molecule has 36 heavy (non-hydrogen) atoms. The number of aromatic nitrogens is 3. The average molecular weight is 524 g/mol. The van der Waals surface area contributed by atoms with Crippen molar-refractivity contribution in [1.82, 2.24) is 15.2 Å². The van der Waals surface area contributed by atoms with Crippen molar-refractivity contribution in [2.24, 2.45) is 0 Å². The molecule has 1 N–H and O–H groups in total. The number of pyridine rings is 1. The van der Waals surface area contributed by atoms with Gasteiger partial charge in [0.2, 0.25) is 0 Å². The van der Waals surface area contributed by atoms with Crippen molar-refractivity contribution in [3.05, 3.63) is 64.9 Å². The lowest BCUT2D eigenvalue weighted by Crippen LogP contribution is -2.21. The van der Waals surface area contributed by atoms with Gasteiger partial charge in [-0.25, -0.2) is 13.4 Å². The number of rotatable bonds is 6. The molecule has 190 valence electrons. The molecule has 8 nitrogen and oxygen atoms in total. The summed E-state index contributed by atoms with van der Waals surface area (Å²) in [4.78, 5) is 16.8. The molecule has 1 aliphatic carbocycles. The number of nitrogens with one attached hydrogen (secondary N) is 1. The van der Waals surface area contributed by atoms with Crippen molar-refractivity contribution < 1.29 is 35.5 Å². The maximum atomic E-state index is 14.6. The summed E-state index contributed by atoms with van der Waals surface area (Å²) in [6.45, 7) is 1.00. The second-order valence-electron chi connectivity index (χ2n) is 8.36. The summed E-state index contributed by atoms with van der Waals surface area (Å²) in [6, 6.07) is 7.96. The van der Waals surface area contributed by atoms with Gasteiger partial charge in [0.1, 0.15) is 5.56 Å². The maximum absolute atomic E-state index is 14.6. The van der Waals surface area contributed by atoms with Crippen molar-refractivity contribution in [1.29, 1.82) is 0 Å². The van der Waals surface area contributed by atoms with Crippen molar-refractivity contribution in [3.63, 3.8) is 0 Å². The van der Waals surface area contributed by atoms with E-state index < -0.39 is 56.3 Å². The average Bonchev–Trinajstić information content (AvgIpc) is 2.73. The van der Waals surface area contributed by atoms with Crippen LogP contribution in [0.4, 0.5) is 23.2 Å². The van der Waals surface area contributed by atoms with Crippen LogP contribution in [0.3, 0.4) is 0 Å². The number of benzene rings is 1. The van der Waals surface area contributed by atoms with Crippen LogP contribution in [-0.2, 0) is 16.0 Å². The van der Waals surface area contributed by atoms with E-state index in [0.29, 0.717) is 5.69 Å². The topological polar surface area (TPSA) is 111 Å². The lowest BCUT2D eigenvalue weighted by Gasteiger charge is -2.24. The minimum Gasteiger partial charge on any atom is -0.432 e. The van der Waals surface area contributed by atoms with Crippen LogP contribution in [0.1, 0.15) is 52.5 Å². The molecule has 0 unspecified atom stereocenters. The van der Waals surface area contributed by atoms with Gasteiger partial charge in [-0.05, 0) is 55.7 Å². The number of hydrogen-bond acceptors (Lipinski definition) is 7. The van der Waals surface area contributed by atoms with Crippen LogP contribution in [0.15, 0.2) is 41.3 Å². The molecule has 1 aromatic carbocycles. The molecule has 2 aromatic heterocycles. The molecule has 1 saturated carbocycles. The second-order valence-corrected chi connectivity index (χ2v) is 10.4. The Hall–Kier alpha value is -3.61. The molecule has 13 heteroatoms. The van der Waals surface area contributed by atoms with Gasteiger partial charge in [0.05, 0.1) is 4.90 Å². The molecule has 1 amide bonds. The lowest BCUT2D eigenvalue weighted by atomic mass is 9.83. The third kappa shape index (κ3) is 5.30. The summed E-state index contributed by atoms with van der Waals surface area (Å²) in [7, 11) is -3.62. The summed E-state index contributed by atoms with van der Waals surface area (Å²) in [5.41, 5.74) is -2.15. The van der Waals surface area contributed by atoms with Gasteiger partial charge >= 0.3 is 6.18 Å². The van der Waals surface area contributed by atoms with E-state index in [4.69, 9.17) is 4.74 Å². The Labute approximate surface area is 203 Å². The van der Waals surface area contributed by atoms with E-state index >= 15 is 0 Å². The van der Waals surface area contributed by atoms with Crippen LogP contribution in [-0.4, -0.2) is 35.8 Å². The van der Waals surface area contributed by atoms with E-state index in [1.807, 2.05) is 0 Å². The molecule has 1 aliphatic rings. The first-order chi connectivity index (χ1) is 16.8. The third-order valence-corrected chi connectivity index (χ3v) is 6.88. The highest BCUT2D eigenvalue weighted by molar-refractivity contribution is 7.90. The molecular weight excluding hydrogens is 504 g/mol. The molecular formula is C23H20F4N4O4S. The zero-order valence-corrected chi connectivity index (χ0v) is 19.9. The zero-order valence-electron chi connectivity index (χ0n) is 19.1. The Morgan fingerprint density at radius 1 is 1.14 bits per heavy atom. The molecule has 1 fully saturated rings. The highest BCUT2D eigenvalue weighted by Gasteiger charge is 2.38. The molecule has 4 rings (SSSR count). The van der Waals surface area contributed by atoms with E-state index in [1.165, 1.54) is 24.3 Å². The number of amides is 1. The van der Waals surface area contributed by atoms with Gasteiger partial charge < -0.3 is 10.1 Å². The molecule has 3 aromatic rings. The predicted octanol–water partition coefficient (Wildman–Crippen LogP) is 5.05. The second kappa shape index (κ2) is 9.45. The maximum Gasteiger partial charge on any atom is 0.435 e. The van der Waals surface area contributed by atoms with Crippen molar-refractivity contribution in [2.75, 3.05) is 11.6 Å². The number of sulfone groups is 1. The molecule has 0 aliphatic heterocycles. The fourth-order valence-corrected chi connectivity index (χ4v) is 4.32. The first-order valence-corrected chi connectivity index (χ1v) is 12.6. The zero-order chi connectivity index (χ0) is 26.3. The highest BCUT2D eigenvalue weighted by Crippen LogP contribution is 2.38. The molecule has 2 heterocycles. The summed E-state index contributed by atoms with van der Waals surface area (Å²) < 4.78 is 84.1. The standard InChI is InChI=1S/C23H20F4N4O4S/c1-12-18(21(32)28-14-7-4-8-15(11-14)36(2,33)34)22(31-30-19(12)23(25,26)27)35-17-10-9-16(29-20(17)24)13-5-3-6-13/h4,7-11,13H,3,5-6H2,1-2H3,(H,28,32). The number of ether oxygens (including phenoxy) is 1. The number of alkyl halides is 3. The number of nitrogens with zero attached hydrogens (tertiary/aromatic N) is 3. The first-order valence-electron chi connectivity index (χ1n) is 10.7. The SMILES string of the molecule is Cc1c(C(F)(F)F)nnc(Oc2ccc(C3CCC3)nc2F)c1C(=O)Nc1cccc(S(C)(=O)=O)c1. The molecule has 0 bridgehead atoms. The van der Waals surface area contributed by atoms with E-state index in [-0.39, 0.29) is 16.5 Å². The molecule has 0 spiro atoms. The Kier molecular flexibility index (Phi) is 6.69. The highest BCUT2D eigenvalue weighted by atomic mass is 32.2. The lowest BCUT2D eigenvalue weighted by molar-refractivity contribution is -0.142. The minimum atomic E-state index is -4.93. The largest absolute Gasteiger partial charge is 0.435 e. The van der Waals surface area contributed by atoms with Gasteiger partial charge in [-0.2, -0.15) is 17.6 Å². The van der Waals surface area contributed by atoms with Crippen LogP contribution in [0.25, 0.3) is 0 Å². The Balaban J connectivity index is 1.72. The smallest absolute Gasteiger partial charge is 0.432 e. The van der Waals surface area contributed by atoms with E-state index in [9.17, 15) is 30.8 Å². The molecule has 0 atom stereocenters. The monoisotopic (exact) mass is 524 g/mol. The Morgan fingerprint density at radius 2 is 1.86 bits per heavy atom. The Bertz CT molecular complexity index is 1440. The van der Waals surface area contributed by atoms with E-state index in [0.717, 1.165) is 38.5 Å². The van der Waals surface area contributed by atoms with E-state index in [1.54, 1.807) is 6.07 Å². The predicted molar refractivity (Wildman–Crippen MR) is 120 cm³/mol. The van der Waals surface area contributed by atoms with Gasteiger partial charge in [0.15, 0.2) is 21.3 Å². The number of anilines is 1. The van der Waals surface area contributed by atoms with Gasteiger partial charge in [-0.15, -0.1) is 10.2 Å². The van der Waals surface area contributed by atoms with Gasteiger partial charge in [-0.1, -0.05) is 12.5 Å². The van der Waals surface area contributed by atoms with Crippen LogP contribution in [0, 0.1) is 12.9 Å². The quantitative estimate of drug-likeness (QED) is 0.355. The van der Waals surface area contributed by atoms with Crippen molar-refractivity contribution in [2.45, 2.75) is 43.2 Å². The Morgan fingerprint density at radius 3 is 2.44 bits per heavy atom. The first kappa shape index (κ1) is 25.5. The summed E-state index contributed by atoms with van der Waals surface area (Å²) >= 11 is 0. The summed E-state index contributed by atoms with van der Waals surface area (Å²) in [6.07, 6.45) is -1.20. The van der Waals surface area contributed by atoms with Crippen LogP contribution >= 0.6 is 0 Å². The number of halogens is 4. The molecule has 0 saturated heterocycles. The summed E-state index contributed by atoms with van der Waals surface area (Å²) in [5, 5.41) is 8.88. The van der Waals surface area contributed by atoms with Crippen LogP contribution < -0.4 is 10.1 Å². The van der Waals surface area contributed by atoms with Gasteiger partial charge in [0, 0.05) is 23.6 Å². The van der Waals surface area contributed by atoms with Gasteiger partial charge in [-0.3, -0.25) is 4.79 Å². The van der Waals surface area contributed by atoms with Crippen molar-refractivity contribution in [3.8, 4) is 11.6 Å².